The highest BCUT2D eigenvalue weighted by Gasteiger charge is 2.01. The van der Waals surface area contributed by atoms with E-state index in [1.807, 2.05) is 0 Å². The third kappa shape index (κ3) is 4.54. The van der Waals surface area contributed by atoms with Gasteiger partial charge in [0.05, 0.1) is 0 Å². The minimum Gasteiger partial charge on any atom is -0.356 e. The molecule has 0 unspecified atom stereocenters. The lowest BCUT2D eigenvalue weighted by Gasteiger charge is -2.09. The number of nitrogens with one attached hydrogen (secondary N) is 3. The van der Waals surface area contributed by atoms with Crippen LogP contribution in [0.5, 0.6) is 0 Å². The monoisotopic (exact) mass is 199 g/mol. The summed E-state index contributed by atoms with van der Waals surface area (Å²) in [7, 11) is 0. The van der Waals surface area contributed by atoms with Gasteiger partial charge in [-0.05, 0) is 12.8 Å². The fraction of sp³-hybridized carbons (Fsp3) is 0.750. The van der Waals surface area contributed by atoms with Crippen molar-refractivity contribution in [1.82, 2.24) is 16.0 Å². The maximum Gasteiger partial charge on any atom is 0.312 e. The molecule has 0 radical (unpaired) electrons. The van der Waals surface area contributed by atoms with E-state index in [0.717, 1.165) is 31.9 Å². The highest BCUT2D eigenvalue weighted by atomic mass is 16.2. The van der Waals surface area contributed by atoms with Crippen LogP contribution >= 0.6 is 0 Å². The first-order chi connectivity index (χ1) is 6.79. The van der Waals surface area contributed by atoms with Crippen molar-refractivity contribution < 1.29 is 4.79 Å². The first kappa shape index (κ1) is 10.6. The molecule has 14 heavy (non-hydrogen) atoms. The number of amides is 2. The predicted molar refractivity (Wildman–Crippen MR) is 55.1 cm³/mol. The van der Waals surface area contributed by atoms with Gasteiger partial charge in [0.1, 0.15) is 0 Å². The Labute approximate surface area is 83.3 Å². The van der Waals surface area contributed by atoms with Crippen LogP contribution in [0.3, 0.4) is 0 Å². The second kappa shape index (κ2) is 6.06. The van der Waals surface area contributed by atoms with Gasteiger partial charge in [-0.1, -0.05) is 0 Å². The van der Waals surface area contributed by atoms with Crippen molar-refractivity contribution in [3.8, 4) is 0 Å². The number of urea groups is 1. The van der Waals surface area contributed by atoms with Crippen LogP contribution in [0.15, 0.2) is 4.99 Å². The highest BCUT2D eigenvalue weighted by molar-refractivity contribution is 5.80. The molecule has 6 nitrogen and oxygen atoms in total. The number of nitrogens with zero attached hydrogens (tertiary/aromatic N) is 1. The molecule has 0 atom stereocenters. The lowest BCUT2D eigenvalue weighted by molar-refractivity contribution is 0.249. The zero-order valence-electron chi connectivity index (χ0n) is 8.18. The third-order valence-electron chi connectivity index (χ3n) is 1.86. The predicted octanol–water partition coefficient (Wildman–Crippen LogP) is -1.02. The summed E-state index contributed by atoms with van der Waals surface area (Å²) in [5, 5.41) is 8.74. The standard InChI is InChI=1S/C8H17N5O/c9-7(14)10-5-6-13-8-11-3-1-2-4-12-8/h1-6H2,(H3,9,10,14)(H2,11,12,13). The van der Waals surface area contributed by atoms with Crippen molar-refractivity contribution in [2.75, 3.05) is 26.2 Å². The van der Waals surface area contributed by atoms with Gasteiger partial charge < -0.3 is 21.7 Å². The Morgan fingerprint density at radius 1 is 1.50 bits per heavy atom. The summed E-state index contributed by atoms with van der Waals surface area (Å²) in [5.41, 5.74) is 4.91. The molecule has 1 rings (SSSR count). The molecule has 1 aliphatic heterocycles. The molecule has 1 aliphatic rings. The fourth-order valence-electron chi connectivity index (χ4n) is 1.18. The Balaban J connectivity index is 2.10. The van der Waals surface area contributed by atoms with Crippen molar-refractivity contribution >= 4 is 12.0 Å². The van der Waals surface area contributed by atoms with Gasteiger partial charge >= 0.3 is 6.03 Å². The average Bonchev–Trinajstić information content (AvgIpc) is 2.40. The molecular formula is C8H17N5O. The molecule has 0 spiro atoms. The van der Waals surface area contributed by atoms with Crippen molar-refractivity contribution in [2.45, 2.75) is 12.8 Å². The summed E-state index contributed by atoms with van der Waals surface area (Å²) < 4.78 is 0. The molecule has 0 saturated carbocycles. The largest absolute Gasteiger partial charge is 0.356 e. The summed E-state index contributed by atoms with van der Waals surface area (Å²) in [4.78, 5) is 14.6. The lowest BCUT2D eigenvalue weighted by atomic mass is 10.3. The summed E-state index contributed by atoms with van der Waals surface area (Å²) in [5.74, 6) is 0.814. The van der Waals surface area contributed by atoms with Crippen LogP contribution in [-0.4, -0.2) is 38.2 Å². The number of aliphatic imine (C=N–C) groups is 1. The van der Waals surface area contributed by atoms with Gasteiger partial charge in [0.15, 0.2) is 5.96 Å². The molecule has 0 aromatic rings. The minimum atomic E-state index is -0.498. The second-order valence-corrected chi connectivity index (χ2v) is 3.08. The molecule has 0 aliphatic carbocycles. The number of hydrogen-bond donors (Lipinski definition) is 4. The molecule has 0 aromatic heterocycles. The fourth-order valence-corrected chi connectivity index (χ4v) is 1.18. The van der Waals surface area contributed by atoms with Crippen LogP contribution in [0.2, 0.25) is 0 Å². The number of guanidine groups is 1. The average molecular weight is 199 g/mol. The molecule has 5 N–H and O–H groups in total. The van der Waals surface area contributed by atoms with Crippen molar-refractivity contribution in [3.63, 3.8) is 0 Å². The molecule has 0 aromatic carbocycles. The summed E-state index contributed by atoms with van der Waals surface area (Å²) in [6.45, 7) is 2.96. The van der Waals surface area contributed by atoms with Crippen LogP contribution < -0.4 is 21.7 Å². The number of carbonyl (C=O) groups excluding carboxylic acids is 1. The van der Waals surface area contributed by atoms with Crippen LogP contribution in [0.1, 0.15) is 12.8 Å². The van der Waals surface area contributed by atoms with Crippen molar-refractivity contribution in [3.05, 3.63) is 0 Å². The van der Waals surface area contributed by atoms with E-state index in [1.165, 1.54) is 0 Å². The van der Waals surface area contributed by atoms with E-state index < -0.39 is 6.03 Å². The van der Waals surface area contributed by atoms with E-state index in [-0.39, 0.29) is 0 Å². The number of carbonyl (C=O) groups is 1. The SMILES string of the molecule is NC(=O)NCCNC1=NCCCCN1. The van der Waals surface area contributed by atoms with Gasteiger partial charge in [-0.15, -0.1) is 0 Å². The van der Waals surface area contributed by atoms with Gasteiger partial charge in [-0.25, -0.2) is 4.79 Å². The quantitative estimate of drug-likeness (QED) is 0.439. The van der Waals surface area contributed by atoms with E-state index in [4.69, 9.17) is 5.73 Å². The number of rotatable bonds is 3. The van der Waals surface area contributed by atoms with Crippen molar-refractivity contribution in [1.29, 1.82) is 0 Å². The number of primary amides is 1. The molecular weight excluding hydrogens is 182 g/mol. The Kier molecular flexibility index (Phi) is 4.60. The van der Waals surface area contributed by atoms with E-state index in [1.54, 1.807) is 0 Å². The second-order valence-electron chi connectivity index (χ2n) is 3.08. The molecule has 6 heteroatoms. The normalized spacial score (nSPS) is 16.1. The van der Waals surface area contributed by atoms with Gasteiger partial charge in [0.2, 0.25) is 0 Å². The summed E-state index contributed by atoms with van der Waals surface area (Å²) in [6.07, 6.45) is 2.27. The van der Waals surface area contributed by atoms with Crippen LogP contribution in [-0.2, 0) is 0 Å². The van der Waals surface area contributed by atoms with E-state index in [9.17, 15) is 4.79 Å². The van der Waals surface area contributed by atoms with E-state index >= 15 is 0 Å². The Morgan fingerprint density at radius 2 is 2.36 bits per heavy atom. The van der Waals surface area contributed by atoms with Crippen LogP contribution in [0.4, 0.5) is 4.79 Å². The lowest BCUT2D eigenvalue weighted by Crippen LogP contribution is -2.42. The maximum atomic E-state index is 10.3. The number of nitrogens with two attached hydrogens (primary N) is 1. The van der Waals surface area contributed by atoms with Gasteiger partial charge in [-0.3, -0.25) is 4.99 Å². The first-order valence-corrected chi connectivity index (χ1v) is 4.84. The molecule has 1 heterocycles. The van der Waals surface area contributed by atoms with Gasteiger partial charge in [0, 0.05) is 26.2 Å². The van der Waals surface area contributed by atoms with Crippen LogP contribution in [0, 0.1) is 0 Å². The zero-order chi connectivity index (χ0) is 10.2. The van der Waals surface area contributed by atoms with Gasteiger partial charge in [-0.2, -0.15) is 0 Å². The molecule has 80 valence electrons. The van der Waals surface area contributed by atoms with Crippen molar-refractivity contribution in [2.24, 2.45) is 10.7 Å². The minimum absolute atomic E-state index is 0.498. The molecule has 2 amide bonds. The Morgan fingerprint density at radius 3 is 3.14 bits per heavy atom. The van der Waals surface area contributed by atoms with Gasteiger partial charge in [0.25, 0.3) is 0 Å². The topological polar surface area (TPSA) is 91.5 Å². The van der Waals surface area contributed by atoms with E-state index in [2.05, 4.69) is 20.9 Å². The first-order valence-electron chi connectivity index (χ1n) is 4.84. The Bertz CT molecular complexity index is 216. The van der Waals surface area contributed by atoms with Crippen LogP contribution in [0.25, 0.3) is 0 Å². The maximum absolute atomic E-state index is 10.3. The molecule has 0 fully saturated rings. The summed E-state index contributed by atoms with van der Waals surface area (Å²) >= 11 is 0. The zero-order valence-corrected chi connectivity index (χ0v) is 8.18. The molecule has 0 bridgehead atoms. The smallest absolute Gasteiger partial charge is 0.312 e. The Hall–Kier alpha value is -1.46. The molecule has 0 saturated heterocycles. The third-order valence-corrected chi connectivity index (χ3v) is 1.86. The summed E-state index contributed by atoms with van der Waals surface area (Å²) in [6, 6.07) is -0.498. The highest BCUT2D eigenvalue weighted by Crippen LogP contribution is 1.91. The number of hydrogen-bond acceptors (Lipinski definition) is 4. The van der Waals surface area contributed by atoms with E-state index in [0.29, 0.717) is 13.1 Å².